The lowest BCUT2D eigenvalue weighted by Crippen LogP contribution is -2.53. The van der Waals surface area contributed by atoms with Crippen LogP contribution in [0.25, 0.3) is 0 Å². The average molecular weight is 293 g/mol. The maximum absolute atomic E-state index is 4.15. The van der Waals surface area contributed by atoms with Crippen molar-refractivity contribution in [2.75, 3.05) is 20.1 Å². The van der Waals surface area contributed by atoms with Gasteiger partial charge >= 0.3 is 0 Å². The zero-order valence-electron chi connectivity index (χ0n) is 14.3. The predicted molar refractivity (Wildman–Crippen MR) is 90.5 cm³/mol. The molecule has 1 saturated heterocycles. The molecule has 2 saturated carbocycles. The zero-order valence-corrected chi connectivity index (χ0v) is 14.3. The molecule has 2 heteroatoms. The van der Waals surface area contributed by atoms with Crippen LogP contribution < -0.4 is 5.32 Å². The fourth-order valence-corrected chi connectivity index (χ4v) is 5.37. The molecule has 1 heterocycles. The molecule has 21 heavy (non-hydrogen) atoms. The van der Waals surface area contributed by atoms with Crippen LogP contribution in [0.2, 0.25) is 0 Å². The van der Waals surface area contributed by atoms with Crippen molar-refractivity contribution in [2.24, 2.45) is 17.8 Å². The van der Waals surface area contributed by atoms with Gasteiger partial charge in [0.25, 0.3) is 0 Å². The number of nitrogens with zero attached hydrogens (tertiary/aromatic N) is 1. The van der Waals surface area contributed by atoms with Crippen LogP contribution in [0, 0.1) is 17.8 Å². The van der Waals surface area contributed by atoms with E-state index in [0.717, 1.165) is 29.8 Å². The van der Waals surface area contributed by atoms with Crippen LogP contribution in [-0.4, -0.2) is 37.1 Å². The van der Waals surface area contributed by atoms with Crippen LogP contribution in [0.5, 0.6) is 0 Å². The molecule has 2 nitrogen and oxygen atoms in total. The highest BCUT2D eigenvalue weighted by atomic mass is 15.1. The summed E-state index contributed by atoms with van der Waals surface area (Å²) in [7, 11) is 2.28. The van der Waals surface area contributed by atoms with Gasteiger partial charge in [0, 0.05) is 18.6 Å². The van der Waals surface area contributed by atoms with E-state index in [1.54, 1.807) is 0 Å². The van der Waals surface area contributed by atoms with Crippen LogP contribution in [0.15, 0.2) is 0 Å². The predicted octanol–water partition coefficient (Wildman–Crippen LogP) is 4.06. The highest BCUT2D eigenvalue weighted by Gasteiger charge is 2.35. The Morgan fingerprint density at radius 1 is 0.810 bits per heavy atom. The summed E-state index contributed by atoms with van der Waals surface area (Å²) in [5.74, 6) is 2.85. The molecule has 0 aromatic rings. The minimum atomic E-state index is 0.774. The van der Waals surface area contributed by atoms with E-state index in [2.05, 4.69) is 24.2 Å². The van der Waals surface area contributed by atoms with Crippen molar-refractivity contribution in [3.63, 3.8) is 0 Å². The van der Waals surface area contributed by atoms with Crippen molar-refractivity contribution >= 4 is 0 Å². The Hall–Kier alpha value is -0.0800. The maximum atomic E-state index is 4.15. The Kier molecular flexibility index (Phi) is 5.61. The number of piperidine rings is 1. The second kappa shape index (κ2) is 7.46. The van der Waals surface area contributed by atoms with Crippen molar-refractivity contribution < 1.29 is 0 Å². The highest BCUT2D eigenvalue weighted by Crippen LogP contribution is 2.39. The Morgan fingerprint density at radius 2 is 1.52 bits per heavy atom. The van der Waals surface area contributed by atoms with Crippen molar-refractivity contribution in [3.8, 4) is 0 Å². The summed E-state index contributed by atoms with van der Waals surface area (Å²) in [4.78, 5) is 2.50. The first-order valence-electron chi connectivity index (χ1n) is 9.68. The number of rotatable bonds is 3. The van der Waals surface area contributed by atoms with E-state index in [1.807, 2.05) is 0 Å². The lowest BCUT2D eigenvalue weighted by atomic mass is 9.70. The second-order valence-electron chi connectivity index (χ2n) is 8.25. The molecule has 0 aromatic carbocycles. The van der Waals surface area contributed by atoms with Gasteiger partial charge in [0.2, 0.25) is 0 Å². The standard InChI is InChI=1S/C19H36N2/c1-15-14-21(2)13-12-18(15)20-19-11-7-6-10-17(19)16-8-4-3-5-9-16/h15-20H,3-14H2,1-2H3. The fourth-order valence-electron chi connectivity index (χ4n) is 5.37. The first-order chi connectivity index (χ1) is 10.2. The second-order valence-corrected chi connectivity index (χ2v) is 8.25. The minimum absolute atomic E-state index is 0.774. The van der Waals surface area contributed by atoms with Gasteiger partial charge in [0.15, 0.2) is 0 Å². The van der Waals surface area contributed by atoms with Gasteiger partial charge in [-0.2, -0.15) is 0 Å². The molecule has 122 valence electrons. The van der Waals surface area contributed by atoms with Gasteiger partial charge in [0.05, 0.1) is 0 Å². The van der Waals surface area contributed by atoms with Gasteiger partial charge < -0.3 is 10.2 Å². The molecule has 0 bridgehead atoms. The van der Waals surface area contributed by atoms with Crippen LogP contribution in [0.3, 0.4) is 0 Å². The topological polar surface area (TPSA) is 15.3 Å². The van der Waals surface area contributed by atoms with Crippen molar-refractivity contribution in [1.82, 2.24) is 10.2 Å². The van der Waals surface area contributed by atoms with Crippen molar-refractivity contribution in [3.05, 3.63) is 0 Å². The molecule has 3 aliphatic rings. The van der Waals surface area contributed by atoms with E-state index in [4.69, 9.17) is 0 Å². The van der Waals surface area contributed by atoms with E-state index in [9.17, 15) is 0 Å². The molecule has 1 aliphatic heterocycles. The van der Waals surface area contributed by atoms with E-state index < -0.39 is 0 Å². The summed E-state index contributed by atoms with van der Waals surface area (Å²) in [6, 6.07) is 1.60. The molecule has 3 rings (SSSR count). The largest absolute Gasteiger partial charge is 0.311 e. The third kappa shape index (κ3) is 4.01. The van der Waals surface area contributed by atoms with E-state index in [1.165, 1.54) is 77.3 Å². The van der Waals surface area contributed by atoms with Gasteiger partial charge in [-0.1, -0.05) is 51.9 Å². The monoisotopic (exact) mass is 292 g/mol. The molecule has 4 atom stereocenters. The molecule has 4 unspecified atom stereocenters. The Morgan fingerprint density at radius 3 is 2.29 bits per heavy atom. The Balaban J connectivity index is 1.58. The van der Waals surface area contributed by atoms with E-state index in [0.29, 0.717) is 0 Å². The molecule has 0 spiro atoms. The van der Waals surface area contributed by atoms with E-state index in [-0.39, 0.29) is 0 Å². The van der Waals surface area contributed by atoms with Crippen molar-refractivity contribution in [2.45, 2.75) is 83.2 Å². The molecule has 1 N–H and O–H groups in total. The van der Waals surface area contributed by atoms with Crippen LogP contribution >= 0.6 is 0 Å². The summed E-state index contributed by atoms with van der Waals surface area (Å²) in [5.41, 5.74) is 0. The Labute approximate surface area is 132 Å². The zero-order chi connectivity index (χ0) is 14.7. The van der Waals surface area contributed by atoms with Crippen LogP contribution in [-0.2, 0) is 0 Å². The Bertz CT molecular complexity index is 311. The normalized spacial score (nSPS) is 40.3. The highest BCUT2D eigenvalue weighted by molar-refractivity contribution is 4.91. The third-order valence-electron chi connectivity index (χ3n) is 6.61. The number of nitrogens with one attached hydrogen (secondary N) is 1. The van der Waals surface area contributed by atoms with Gasteiger partial charge in [0.1, 0.15) is 0 Å². The van der Waals surface area contributed by atoms with Gasteiger partial charge in [-0.15, -0.1) is 0 Å². The summed E-state index contributed by atoms with van der Waals surface area (Å²) in [6.45, 7) is 5.01. The summed E-state index contributed by atoms with van der Waals surface area (Å²) >= 11 is 0. The smallest absolute Gasteiger partial charge is 0.0120 e. The van der Waals surface area contributed by atoms with Gasteiger partial charge in [-0.3, -0.25) is 0 Å². The number of hydrogen-bond acceptors (Lipinski definition) is 2. The molecule has 2 aliphatic carbocycles. The molecule has 3 fully saturated rings. The third-order valence-corrected chi connectivity index (χ3v) is 6.61. The van der Waals surface area contributed by atoms with Gasteiger partial charge in [-0.25, -0.2) is 0 Å². The fraction of sp³-hybridized carbons (Fsp3) is 1.00. The summed E-state index contributed by atoms with van der Waals surface area (Å²) in [5, 5.41) is 4.15. The van der Waals surface area contributed by atoms with Gasteiger partial charge in [-0.05, 0) is 50.6 Å². The SMILES string of the molecule is CC1CN(C)CCC1NC1CCCCC1C1CCCCC1. The van der Waals surface area contributed by atoms with Crippen LogP contribution in [0.1, 0.15) is 71.1 Å². The average Bonchev–Trinajstić information content (AvgIpc) is 2.51. The minimum Gasteiger partial charge on any atom is -0.311 e. The molecular formula is C19H36N2. The molecule has 0 radical (unpaired) electrons. The summed E-state index contributed by atoms with van der Waals surface area (Å²) in [6.07, 6.45) is 14.8. The molecule has 0 aromatic heterocycles. The lowest BCUT2D eigenvalue weighted by Gasteiger charge is -2.44. The lowest BCUT2D eigenvalue weighted by molar-refractivity contribution is 0.108. The van der Waals surface area contributed by atoms with Crippen molar-refractivity contribution in [1.29, 1.82) is 0 Å². The van der Waals surface area contributed by atoms with Crippen LogP contribution in [0.4, 0.5) is 0 Å². The molecule has 0 amide bonds. The first-order valence-corrected chi connectivity index (χ1v) is 9.68. The van der Waals surface area contributed by atoms with E-state index >= 15 is 0 Å². The number of hydrogen-bond donors (Lipinski definition) is 1. The number of likely N-dealkylation sites (tertiary alicyclic amines) is 1. The molecular weight excluding hydrogens is 256 g/mol. The maximum Gasteiger partial charge on any atom is 0.0120 e. The summed E-state index contributed by atoms with van der Waals surface area (Å²) < 4.78 is 0. The first kappa shape index (κ1) is 15.8. The quantitative estimate of drug-likeness (QED) is 0.844.